The summed E-state index contributed by atoms with van der Waals surface area (Å²) in [7, 11) is 1.64. The molecule has 156 valence electrons. The lowest BCUT2D eigenvalue weighted by Gasteiger charge is -2.43. The number of amides is 2. The Morgan fingerprint density at radius 1 is 1.14 bits per heavy atom. The van der Waals surface area contributed by atoms with Gasteiger partial charge in [-0.2, -0.15) is 0 Å². The van der Waals surface area contributed by atoms with E-state index in [4.69, 9.17) is 4.74 Å². The van der Waals surface area contributed by atoms with Crippen LogP contribution in [0.15, 0.2) is 23.1 Å². The first kappa shape index (κ1) is 21.5. The smallest absolute Gasteiger partial charge is 0.293 e. The Balaban J connectivity index is 2.08. The highest BCUT2D eigenvalue weighted by molar-refractivity contribution is 8.18. The van der Waals surface area contributed by atoms with Crippen molar-refractivity contribution in [3.63, 3.8) is 0 Å². The fourth-order valence-corrected chi connectivity index (χ4v) is 4.96. The minimum atomic E-state index is -0.220. The Labute approximate surface area is 177 Å². The minimum absolute atomic E-state index is 0.0809. The second-order valence-electron chi connectivity index (χ2n) is 8.08. The van der Waals surface area contributed by atoms with Crippen LogP contribution in [0, 0.1) is 0 Å². The summed E-state index contributed by atoms with van der Waals surface area (Å²) in [6, 6.07) is 4.14. The first-order valence-corrected chi connectivity index (χ1v) is 11.0. The van der Waals surface area contributed by atoms with Crippen molar-refractivity contribution in [3.8, 4) is 5.75 Å². The molecule has 0 aliphatic carbocycles. The summed E-state index contributed by atoms with van der Waals surface area (Å²) >= 11 is 1.00. The van der Waals surface area contributed by atoms with Crippen LogP contribution in [0.3, 0.4) is 0 Å². The third-order valence-corrected chi connectivity index (χ3v) is 6.29. The zero-order valence-electron chi connectivity index (χ0n) is 18.2. The predicted molar refractivity (Wildman–Crippen MR) is 121 cm³/mol. The van der Waals surface area contributed by atoms with Gasteiger partial charge in [-0.3, -0.25) is 14.5 Å². The van der Waals surface area contributed by atoms with E-state index in [1.165, 1.54) is 10.5 Å². The highest BCUT2D eigenvalue weighted by atomic mass is 32.2. The standard InChI is InChI=1S/C23H30N2O3S/c1-7-9-24-21(26)20(29-22(24)27)12-16-11-17-15(3)14-23(4,5)25(10-8-2)18(17)13-19(16)28-6/h11-14H,7-10H2,1-6H3/b20-12+. The van der Waals surface area contributed by atoms with E-state index >= 15 is 0 Å². The molecule has 1 saturated heterocycles. The molecule has 0 unspecified atom stereocenters. The Bertz CT molecular complexity index is 902. The maximum absolute atomic E-state index is 12.6. The van der Waals surface area contributed by atoms with E-state index < -0.39 is 0 Å². The SMILES string of the molecule is CCCN1C(=O)S/C(=C/c2cc3c(cc2OC)N(CCC)C(C)(C)C=C3C)C1=O. The number of imide groups is 1. The molecule has 2 aliphatic rings. The van der Waals surface area contributed by atoms with Crippen molar-refractivity contribution < 1.29 is 14.3 Å². The summed E-state index contributed by atoms with van der Waals surface area (Å²) in [4.78, 5) is 29.0. The number of benzene rings is 1. The number of nitrogens with zero attached hydrogens (tertiary/aromatic N) is 2. The summed E-state index contributed by atoms with van der Waals surface area (Å²) in [5.74, 6) is 0.486. The van der Waals surface area contributed by atoms with Gasteiger partial charge in [-0.15, -0.1) is 0 Å². The summed E-state index contributed by atoms with van der Waals surface area (Å²) in [6.07, 6.45) is 5.87. The Morgan fingerprint density at radius 2 is 1.83 bits per heavy atom. The van der Waals surface area contributed by atoms with Crippen molar-refractivity contribution in [2.75, 3.05) is 25.1 Å². The molecule has 0 aromatic heterocycles. The number of carbonyl (C=O) groups excluding carboxylic acids is 2. The lowest BCUT2D eigenvalue weighted by molar-refractivity contribution is -0.122. The first-order valence-electron chi connectivity index (χ1n) is 10.2. The fraction of sp³-hybridized carbons (Fsp3) is 0.478. The Hall–Kier alpha value is -2.21. The normalized spacial score (nSPS) is 19.7. The quantitative estimate of drug-likeness (QED) is 0.571. The van der Waals surface area contributed by atoms with E-state index in [0.717, 1.165) is 48.0 Å². The molecule has 0 radical (unpaired) electrons. The third-order valence-electron chi connectivity index (χ3n) is 5.38. The van der Waals surface area contributed by atoms with Gasteiger partial charge in [0.1, 0.15) is 5.75 Å². The molecular formula is C23H30N2O3S. The average molecular weight is 415 g/mol. The molecule has 5 nitrogen and oxygen atoms in total. The molecule has 0 bridgehead atoms. The van der Waals surface area contributed by atoms with Crippen LogP contribution in [0.1, 0.15) is 58.6 Å². The monoisotopic (exact) mass is 414 g/mol. The van der Waals surface area contributed by atoms with Gasteiger partial charge >= 0.3 is 0 Å². The maximum atomic E-state index is 12.6. The molecule has 1 aromatic carbocycles. The largest absolute Gasteiger partial charge is 0.496 e. The summed E-state index contributed by atoms with van der Waals surface area (Å²) < 4.78 is 5.68. The van der Waals surface area contributed by atoms with E-state index in [0.29, 0.717) is 17.2 Å². The van der Waals surface area contributed by atoms with Gasteiger partial charge in [0.25, 0.3) is 11.1 Å². The lowest BCUT2D eigenvalue weighted by atomic mass is 9.87. The summed E-state index contributed by atoms with van der Waals surface area (Å²) in [5, 5.41) is -0.202. The van der Waals surface area contributed by atoms with Crippen molar-refractivity contribution >= 4 is 40.2 Å². The van der Waals surface area contributed by atoms with Crippen LogP contribution >= 0.6 is 11.8 Å². The van der Waals surface area contributed by atoms with E-state index in [-0.39, 0.29) is 16.7 Å². The van der Waals surface area contributed by atoms with Crippen LogP contribution in [0.5, 0.6) is 5.75 Å². The second-order valence-corrected chi connectivity index (χ2v) is 9.07. The van der Waals surface area contributed by atoms with Gasteiger partial charge in [-0.1, -0.05) is 19.9 Å². The number of carbonyl (C=O) groups is 2. The lowest BCUT2D eigenvalue weighted by Crippen LogP contribution is -2.45. The number of hydrogen-bond donors (Lipinski definition) is 0. The topological polar surface area (TPSA) is 49.9 Å². The van der Waals surface area contributed by atoms with E-state index in [1.807, 2.05) is 6.92 Å². The first-order chi connectivity index (χ1) is 13.7. The minimum Gasteiger partial charge on any atom is -0.496 e. The van der Waals surface area contributed by atoms with Crippen LogP contribution in [-0.4, -0.2) is 41.8 Å². The van der Waals surface area contributed by atoms with Gasteiger partial charge in [0.2, 0.25) is 0 Å². The van der Waals surface area contributed by atoms with E-state index in [2.05, 4.69) is 50.8 Å². The average Bonchev–Trinajstić information content (AvgIpc) is 2.92. The highest BCUT2D eigenvalue weighted by Gasteiger charge is 2.35. The molecule has 3 rings (SSSR count). The number of fused-ring (bicyclic) bond motifs is 1. The van der Waals surface area contributed by atoms with Crippen molar-refractivity contribution in [1.82, 2.24) is 4.90 Å². The van der Waals surface area contributed by atoms with Gasteiger partial charge in [-0.25, -0.2) is 0 Å². The molecule has 6 heteroatoms. The molecule has 1 aromatic rings. The van der Waals surface area contributed by atoms with Crippen molar-refractivity contribution in [3.05, 3.63) is 34.2 Å². The number of allylic oxidation sites excluding steroid dienone is 1. The molecule has 0 saturated carbocycles. The Kier molecular flexibility index (Phi) is 6.13. The van der Waals surface area contributed by atoms with Gasteiger partial charge in [-0.05, 0) is 63.1 Å². The van der Waals surface area contributed by atoms with Gasteiger partial charge < -0.3 is 9.64 Å². The molecule has 0 atom stereocenters. The molecule has 0 N–H and O–H groups in total. The number of hydrogen-bond acceptors (Lipinski definition) is 5. The van der Waals surface area contributed by atoms with Crippen LogP contribution in [-0.2, 0) is 4.79 Å². The van der Waals surface area contributed by atoms with Crippen molar-refractivity contribution in [1.29, 1.82) is 0 Å². The second kappa shape index (κ2) is 8.27. The molecule has 2 heterocycles. The van der Waals surface area contributed by atoms with Crippen LogP contribution in [0.4, 0.5) is 10.5 Å². The zero-order valence-corrected chi connectivity index (χ0v) is 19.0. The van der Waals surface area contributed by atoms with Crippen LogP contribution in [0.25, 0.3) is 11.6 Å². The molecular weight excluding hydrogens is 384 g/mol. The summed E-state index contributed by atoms with van der Waals surface area (Å²) in [6.45, 7) is 12.1. The van der Waals surface area contributed by atoms with E-state index in [1.54, 1.807) is 13.2 Å². The van der Waals surface area contributed by atoms with Gasteiger partial charge in [0, 0.05) is 36.0 Å². The molecule has 1 fully saturated rings. The zero-order chi connectivity index (χ0) is 21.3. The van der Waals surface area contributed by atoms with Gasteiger partial charge in [0.05, 0.1) is 17.6 Å². The molecule has 2 amide bonds. The third kappa shape index (κ3) is 3.95. The number of thioether (sulfide) groups is 1. The van der Waals surface area contributed by atoms with Gasteiger partial charge in [0.15, 0.2) is 0 Å². The summed E-state index contributed by atoms with van der Waals surface area (Å²) in [5.41, 5.74) is 4.22. The number of methoxy groups -OCH3 is 1. The van der Waals surface area contributed by atoms with Crippen LogP contribution < -0.4 is 9.64 Å². The number of anilines is 1. The van der Waals surface area contributed by atoms with E-state index in [9.17, 15) is 9.59 Å². The molecule has 29 heavy (non-hydrogen) atoms. The van der Waals surface area contributed by atoms with Crippen LogP contribution in [0.2, 0.25) is 0 Å². The number of rotatable bonds is 6. The predicted octanol–water partition coefficient (Wildman–Crippen LogP) is 5.55. The van der Waals surface area contributed by atoms with Crippen molar-refractivity contribution in [2.45, 2.75) is 53.0 Å². The maximum Gasteiger partial charge on any atom is 0.293 e. The van der Waals surface area contributed by atoms with Crippen molar-refractivity contribution in [2.24, 2.45) is 0 Å². The molecule has 0 spiro atoms. The highest BCUT2D eigenvalue weighted by Crippen LogP contribution is 2.43. The number of ether oxygens (including phenoxy) is 1. The Morgan fingerprint density at radius 3 is 2.45 bits per heavy atom. The molecule has 2 aliphatic heterocycles. The fourth-order valence-electron chi connectivity index (χ4n) is 4.10.